The van der Waals surface area contributed by atoms with E-state index in [1.165, 1.54) is 0 Å². The monoisotopic (exact) mass is 217 g/mol. The molecule has 1 aromatic rings. The van der Waals surface area contributed by atoms with E-state index >= 15 is 0 Å². The molecule has 0 unspecified atom stereocenters. The van der Waals surface area contributed by atoms with Gasteiger partial charge in [0, 0.05) is 11.6 Å². The number of nitrogens with zero attached hydrogens (tertiary/aromatic N) is 3. The molecule has 0 N–H and O–H groups in total. The second-order valence-electron chi connectivity index (χ2n) is 5.25. The fraction of sp³-hybridized carbons (Fsp3) is 0.583. The zero-order valence-corrected chi connectivity index (χ0v) is 9.82. The number of carbonyl (C=O) groups excluding carboxylic acids is 1. The predicted octanol–water partition coefficient (Wildman–Crippen LogP) is 1.57. The summed E-state index contributed by atoms with van der Waals surface area (Å²) in [6.07, 6.45) is 2.19. The van der Waals surface area contributed by atoms with Gasteiger partial charge in [0.2, 0.25) is 5.91 Å². The van der Waals surface area contributed by atoms with Gasteiger partial charge in [0.1, 0.15) is 0 Å². The first kappa shape index (κ1) is 9.75. The van der Waals surface area contributed by atoms with E-state index in [0.717, 1.165) is 29.9 Å². The number of hydrogen-bond acceptors (Lipinski definition) is 3. The minimum absolute atomic E-state index is 0.171. The molecule has 2 aliphatic rings. The number of amides is 1. The number of rotatable bonds is 1. The van der Waals surface area contributed by atoms with Crippen molar-refractivity contribution in [3.05, 3.63) is 17.3 Å². The fourth-order valence-corrected chi connectivity index (χ4v) is 2.30. The van der Waals surface area contributed by atoms with E-state index in [2.05, 4.69) is 10.2 Å². The second-order valence-corrected chi connectivity index (χ2v) is 5.25. The zero-order chi connectivity index (χ0) is 11.5. The van der Waals surface area contributed by atoms with E-state index < -0.39 is 5.41 Å². The molecule has 4 heteroatoms. The third-order valence-electron chi connectivity index (χ3n) is 3.46. The fourth-order valence-electron chi connectivity index (χ4n) is 2.30. The number of carbonyl (C=O) groups is 1. The molecule has 1 fully saturated rings. The van der Waals surface area contributed by atoms with Crippen LogP contribution in [0.25, 0.3) is 0 Å². The van der Waals surface area contributed by atoms with Crippen LogP contribution in [0.3, 0.4) is 0 Å². The molecule has 1 amide bonds. The number of anilines is 1. The first-order valence-electron chi connectivity index (χ1n) is 5.70. The van der Waals surface area contributed by atoms with Crippen LogP contribution >= 0.6 is 0 Å². The lowest BCUT2D eigenvalue weighted by molar-refractivity contribution is -0.122. The summed E-state index contributed by atoms with van der Waals surface area (Å²) in [6, 6.07) is 2.35. The van der Waals surface area contributed by atoms with Gasteiger partial charge in [-0.15, -0.1) is 5.10 Å². The third-order valence-corrected chi connectivity index (χ3v) is 3.46. The highest BCUT2D eigenvalue weighted by Crippen LogP contribution is 2.45. The summed E-state index contributed by atoms with van der Waals surface area (Å²) < 4.78 is 0. The quantitative estimate of drug-likeness (QED) is 0.717. The van der Waals surface area contributed by atoms with Crippen LogP contribution in [0.4, 0.5) is 5.82 Å². The first-order chi connectivity index (χ1) is 7.51. The van der Waals surface area contributed by atoms with Gasteiger partial charge in [0.05, 0.1) is 11.1 Å². The van der Waals surface area contributed by atoms with E-state index in [0.29, 0.717) is 6.04 Å². The van der Waals surface area contributed by atoms with Crippen LogP contribution in [0.2, 0.25) is 0 Å². The molecule has 0 atom stereocenters. The molecule has 0 aromatic carbocycles. The Balaban J connectivity index is 2.19. The highest BCUT2D eigenvalue weighted by atomic mass is 16.2. The summed E-state index contributed by atoms with van der Waals surface area (Å²) in [5.74, 6) is 0.952. The van der Waals surface area contributed by atoms with Gasteiger partial charge in [-0.1, -0.05) is 0 Å². The van der Waals surface area contributed by atoms with Crippen LogP contribution in [0, 0.1) is 6.92 Å². The largest absolute Gasteiger partial charge is 0.291 e. The molecular formula is C12H15N3O. The van der Waals surface area contributed by atoms with Crippen molar-refractivity contribution < 1.29 is 4.79 Å². The lowest BCUT2D eigenvalue weighted by Gasteiger charge is -2.18. The Morgan fingerprint density at radius 2 is 2.06 bits per heavy atom. The Labute approximate surface area is 94.7 Å². The lowest BCUT2D eigenvalue weighted by Crippen LogP contribution is -2.37. The molecule has 84 valence electrons. The van der Waals surface area contributed by atoms with Gasteiger partial charge in [-0.25, -0.2) is 0 Å². The molecule has 1 aliphatic carbocycles. The van der Waals surface area contributed by atoms with E-state index in [1.54, 1.807) is 0 Å². The maximum absolute atomic E-state index is 12.3. The first-order valence-corrected chi connectivity index (χ1v) is 5.70. The molecule has 1 aliphatic heterocycles. The van der Waals surface area contributed by atoms with Crippen LogP contribution < -0.4 is 4.90 Å². The van der Waals surface area contributed by atoms with Crippen molar-refractivity contribution in [3.63, 3.8) is 0 Å². The van der Waals surface area contributed by atoms with E-state index in [4.69, 9.17) is 0 Å². The zero-order valence-electron chi connectivity index (χ0n) is 9.82. The summed E-state index contributed by atoms with van der Waals surface area (Å²) >= 11 is 0. The van der Waals surface area contributed by atoms with E-state index in [1.807, 2.05) is 31.7 Å². The number of fused-ring (bicyclic) bond motifs is 1. The van der Waals surface area contributed by atoms with Crippen molar-refractivity contribution in [2.75, 3.05) is 4.90 Å². The normalized spacial score (nSPS) is 22.4. The maximum Gasteiger partial charge on any atom is 0.238 e. The number of hydrogen-bond donors (Lipinski definition) is 0. The molecule has 2 heterocycles. The van der Waals surface area contributed by atoms with Crippen molar-refractivity contribution in [1.29, 1.82) is 0 Å². The lowest BCUT2D eigenvalue weighted by atomic mass is 9.87. The number of aromatic nitrogens is 2. The topological polar surface area (TPSA) is 46.1 Å². The molecule has 1 aromatic heterocycles. The van der Waals surface area contributed by atoms with Gasteiger partial charge >= 0.3 is 0 Å². The molecule has 3 rings (SSSR count). The minimum atomic E-state index is -0.446. The molecule has 1 saturated carbocycles. The summed E-state index contributed by atoms with van der Waals surface area (Å²) in [5, 5.41) is 8.27. The molecule has 16 heavy (non-hydrogen) atoms. The summed E-state index contributed by atoms with van der Waals surface area (Å²) in [7, 11) is 0. The second kappa shape index (κ2) is 2.81. The Morgan fingerprint density at radius 3 is 2.69 bits per heavy atom. The SMILES string of the molecule is Cc1cc2c(nn1)N(C1CC1)C(=O)C2(C)C. The predicted molar refractivity (Wildman–Crippen MR) is 60.3 cm³/mol. The van der Waals surface area contributed by atoms with E-state index in [9.17, 15) is 4.79 Å². The molecule has 0 saturated heterocycles. The standard InChI is InChI=1S/C12H15N3O/c1-7-6-9-10(14-13-7)15(8-4-5-8)11(16)12(9,2)3/h6,8H,4-5H2,1-3H3. The molecular weight excluding hydrogens is 202 g/mol. The van der Waals surface area contributed by atoms with Gasteiger partial charge in [-0.2, -0.15) is 5.10 Å². The van der Waals surface area contributed by atoms with Crippen LogP contribution in [-0.4, -0.2) is 22.1 Å². The number of aryl methyl sites for hydroxylation is 1. The smallest absolute Gasteiger partial charge is 0.238 e. The Bertz CT molecular complexity index is 477. The van der Waals surface area contributed by atoms with Crippen LogP contribution in [0.15, 0.2) is 6.07 Å². The van der Waals surface area contributed by atoms with Gasteiger partial charge in [-0.3, -0.25) is 9.69 Å². The molecule has 0 spiro atoms. The Kier molecular flexibility index (Phi) is 1.71. The minimum Gasteiger partial charge on any atom is -0.291 e. The van der Waals surface area contributed by atoms with Crippen LogP contribution in [0.1, 0.15) is 37.9 Å². The average Bonchev–Trinajstić information content (AvgIpc) is 3.01. The van der Waals surface area contributed by atoms with Crippen LogP contribution in [-0.2, 0) is 10.2 Å². The van der Waals surface area contributed by atoms with Gasteiger partial charge in [0.25, 0.3) is 0 Å². The molecule has 0 radical (unpaired) electrons. The highest BCUT2D eigenvalue weighted by Gasteiger charge is 2.50. The average molecular weight is 217 g/mol. The highest BCUT2D eigenvalue weighted by molar-refractivity contribution is 6.07. The van der Waals surface area contributed by atoms with Gasteiger partial charge < -0.3 is 0 Å². The van der Waals surface area contributed by atoms with Crippen LogP contribution in [0.5, 0.6) is 0 Å². The Morgan fingerprint density at radius 1 is 1.38 bits per heavy atom. The van der Waals surface area contributed by atoms with E-state index in [-0.39, 0.29) is 5.91 Å². The molecule has 0 bridgehead atoms. The summed E-state index contributed by atoms with van der Waals surface area (Å²) in [4.78, 5) is 14.2. The van der Waals surface area contributed by atoms with Crippen molar-refractivity contribution >= 4 is 11.7 Å². The van der Waals surface area contributed by atoms with Gasteiger partial charge in [-0.05, 0) is 39.7 Å². The summed E-state index contributed by atoms with van der Waals surface area (Å²) in [5.41, 5.74) is 1.45. The third kappa shape index (κ3) is 1.13. The van der Waals surface area contributed by atoms with Crippen molar-refractivity contribution in [3.8, 4) is 0 Å². The van der Waals surface area contributed by atoms with Crippen molar-refractivity contribution in [1.82, 2.24) is 10.2 Å². The Hall–Kier alpha value is -1.45. The van der Waals surface area contributed by atoms with Crippen molar-refractivity contribution in [2.24, 2.45) is 0 Å². The summed E-state index contributed by atoms with van der Waals surface area (Å²) in [6.45, 7) is 5.85. The van der Waals surface area contributed by atoms with Crippen molar-refractivity contribution in [2.45, 2.75) is 45.1 Å². The maximum atomic E-state index is 12.3. The van der Waals surface area contributed by atoms with Gasteiger partial charge in [0.15, 0.2) is 5.82 Å². The molecule has 4 nitrogen and oxygen atoms in total.